The maximum atomic E-state index is 3.63. The van der Waals surface area contributed by atoms with Crippen LogP contribution in [0, 0.1) is 5.92 Å². The van der Waals surface area contributed by atoms with Crippen molar-refractivity contribution in [2.45, 2.75) is 65.8 Å². The van der Waals surface area contributed by atoms with Crippen molar-refractivity contribution in [2.24, 2.45) is 5.92 Å². The van der Waals surface area contributed by atoms with Gasteiger partial charge in [-0.25, -0.2) is 0 Å². The zero-order valence-corrected chi connectivity index (χ0v) is 14.6. The maximum absolute atomic E-state index is 3.63. The summed E-state index contributed by atoms with van der Waals surface area (Å²) in [5, 5.41) is 5.18. The van der Waals surface area contributed by atoms with E-state index in [-0.39, 0.29) is 0 Å². The van der Waals surface area contributed by atoms with Gasteiger partial charge < -0.3 is 5.32 Å². The zero-order valence-electron chi connectivity index (χ0n) is 13.6. The standard InChI is InChI=1S/C17H31NSi/c1-7-14(2)12-15(3)18-13-16-8-10-17(11-9-16)19(4,5)6/h8-11,14-15,18H,7,12-13H2,1-6H3. The first-order valence-electron chi connectivity index (χ1n) is 7.65. The van der Waals surface area contributed by atoms with Crippen molar-refractivity contribution >= 4 is 13.3 Å². The summed E-state index contributed by atoms with van der Waals surface area (Å²) in [6, 6.07) is 9.82. The maximum Gasteiger partial charge on any atom is 0.0775 e. The molecule has 108 valence electrons. The van der Waals surface area contributed by atoms with Crippen LogP contribution >= 0.6 is 0 Å². The highest BCUT2D eigenvalue weighted by molar-refractivity contribution is 6.88. The van der Waals surface area contributed by atoms with Crippen molar-refractivity contribution in [2.75, 3.05) is 0 Å². The van der Waals surface area contributed by atoms with Gasteiger partial charge >= 0.3 is 0 Å². The van der Waals surface area contributed by atoms with Gasteiger partial charge in [-0.1, -0.05) is 69.4 Å². The Kier molecular flexibility index (Phi) is 6.28. The van der Waals surface area contributed by atoms with Crippen LogP contribution in [0.5, 0.6) is 0 Å². The number of hydrogen-bond acceptors (Lipinski definition) is 1. The lowest BCUT2D eigenvalue weighted by atomic mass is 10.0. The van der Waals surface area contributed by atoms with Crippen molar-refractivity contribution in [1.29, 1.82) is 0 Å². The molecular weight excluding hydrogens is 246 g/mol. The van der Waals surface area contributed by atoms with E-state index in [1.54, 1.807) is 5.19 Å². The normalized spacial score (nSPS) is 15.3. The summed E-state index contributed by atoms with van der Waals surface area (Å²) in [7, 11) is -1.15. The lowest BCUT2D eigenvalue weighted by molar-refractivity contribution is 0.412. The van der Waals surface area contributed by atoms with E-state index in [0.717, 1.165) is 12.5 Å². The Balaban J connectivity index is 2.46. The van der Waals surface area contributed by atoms with Crippen LogP contribution in [-0.4, -0.2) is 14.1 Å². The number of nitrogens with one attached hydrogen (secondary N) is 1. The molecule has 0 spiro atoms. The molecule has 1 rings (SSSR count). The first-order valence-corrected chi connectivity index (χ1v) is 11.2. The average Bonchev–Trinajstić information content (AvgIpc) is 2.35. The minimum atomic E-state index is -1.15. The molecule has 0 amide bonds. The molecule has 0 aliphatic rings. The lowest BCUT2D eigenvalue weighted by Gasteiger charge is -2.19. The first kappa shape index (κ1) is 16.5. The summed E-state index contributed by atoms with van der Waals surface area (Å²) in [5.74, 6) is 0.816. The van der Waals surface area contributed by atoms with Crippen LogP contribution in [-0.2, 0) is 6.54 Å². The molecule has 1 nitrogen and oxygen atoms in total. The Labute approximate surface area is 120 Å². The summed E-state index contributed by atoms with van der Waals surface area (Å²) in [5.41, 5.74) is 1.40. The number of hydrogen-bond donors (Lipinski definition) is 1. The van der Waals surface area contributed by atoms with Crippen LogP contribution in [0.1, 0.15) is 39.2 Å². The second-order valence-electron chi connectivity index (χ2n) is 6.98. The fraction of sp³-hybridized carbons (Fsp3) is 0.647. The quantitative estimate of drug-likeness (QED) is 0.738. The molecule has 1 aromatic carbocycles. The Morgan fingerprint density at radius 1 is 1.05 bits per heavy atom. The molecule has 0 fully saturated rings. The van der Waals surface area contributed by atoms with Crippen LogP contribution in [0.15, 0.2) is 24.3 Å². The van der Waals surface area contributed by atoms with Crippen LogP contribution in [0.25, 0.3) is 0 Å². The molecule has 0 heterocycles. The Bertz CT molecular complexity index is 364. The van der Waals surface area contributed by atoms with E-state index >= 15 is 0 Å². The van der Waals surface area contributed by atoms with Crippen molar-refractivity contribution in [1.82, 2.24) is 5.32 Å². The molecule has 2 atom stereocenters. The second kappa shape index (κ2) is 7.25. The zero-order chi connectivity index (χ0) is 14.5. The summed E-state index contributed by atoms with van der Waals surface area (Å²) in [4.78, 5) is 0. The number of rotatable bonds is 7. The van der Waals surface area contributed by atoms with Gasteiger partial charge in [-0.15, -0.1) is 0 Å². The highest BCUT2D eigenvalue weighted by atomic mass is 28.3. The van der Waals surface area contributed by atoms with E-state index in [9.17, 15) is 0 Å². The fourth-order valence-corrected chi connectivity index (χ4v) is 3.43. The summed E-state index contributed by atoms with van der Waals surface area (Å²) in [6.07, 6.45) is 2.54. The minimum absolute atomic E-state index is 0.603. The SMILES string of the molecule is CCC(C)CC(C)NCc1ccc([Si](C)(C)C)cc1. The molecule has 0 aliphatic carbocycles. The van der Waals surface area contributed by atoms with E-state index in [4.69, 9.17) is 0 Å². The topological polar surface area (TPSA) is 12.0 Å². The van der Waals surface area contributed by atoms with Gasteiger partial charge in [0.2, 0.25) is 0 Å². The summed E-state index contributed by atoms with van der Waals surface area (Å²) < 4.78 is 0. The van der Waals surface area contributed by atoms with Gasteiger partial charge in [0, 0.05) is 12.6 Å². The first-order chi connectivity index (χ1) is 8.82. The van der Waals surface area contributed by atoms with Gasteiger partial charge in [-0.05, 0) is 24.8 Å². The van der Waals surface area contributed by atoms with Gasteiger partial charge in [-0.2, -0.15) is 0 Å². The summed E-state index contributed by atoms with van der Waals surface area (Å²) >= 11 is 0. The van der Waals surface area contributed by atoms with Crippen LogP contribution in [0.3, 0.4) is 0 Å². The third kappa shape index (κ3) is 5.92. The van der Waals surface area contributed by atoms with E-state index in [1.165, 1.54) is 18.4 Å². The molecule has 0 bridgehead atoms. The Morgan fingerprint density at radius 3 is 2.11 bits per heavy atom. The number of benzene rings is 1. The molecule has 19 heavy (non-hydrogen) atoms. The van der Waals surface area contributed by atoms with Gasteiger partial charge in [0.15, 0.2) is 0 Å². The van der Waals surface area contributed by atoms with Gasteiger partial charge in [0.1, 0.15) is 0 Å². The average molecular weight is 278 g/mol. The third-order valence-corrected chi connectivity index (χ3v) is 5.99. The van der Waals surface area contributed by atoms with E-state index < -0.39 is 8.07 Å². The van der Waals surface area contributed by atoms with Crippen molar-refractivity contribution in [3.8, 4) is 0 Å². The molecule has 0 radical (unpaired) electrons. The smallest absolute Gasteiger partial charge is 0.0775 e. The molecular formula is C17H31NSi. The lowest BCUT2D eigenvalue weighted by Crippen LogP contribution is -2.37. The fourth-order valence-electron chi connectivity index (χ4n) is 2.27. The van der Waals surface area contributed by atoms with Crippen molar-refractivity contribution < 1.29 is 0 Å². The largest absolute Gasteiger partial charge is 0.310 e. The van der Waals surface area contributed by atoms with E-state index in [0.29, 0.717) is 6.04 Å². The van der Waals surface area contributed by atoms with E-state index in [2.05, 4.69) is 70.0 Å². The molecule has 2 heteroatoms. The monoisotopic (exact) mass is 277 g/mol. The third-order valence-electron chi connectivity index (χ3n) is 3.93. The molecule has 0 aromatic heterocycles. The second-order valence-corrected chi connectivity index (χ2v) is 12.1. The molecule has 1 N–H and O–H groups in total. The van der Waals surface area contributed by atoms with Crippen molar-refractivity contribution in [3.63, 3.8) is 0 Å². The molecule has 0 saturated heterocycles. The van der Waals surface area contributed by atoms with Gasteiger partial charge in [-0.3, -0.25) is 0 Å². The molecule has 1 aromatic rings. The van der Waals surface area contributed by atoms with Crippen LogP contribution in [0.4, 0.5) is 0 Å². The van der Waals surface area contributed by atoms with E-state index in [1.807, 2.05) is 0 Å². The predicted octanol–water partition coefficient (Wildman–Crippen LogP) is 4.15. The van der Waals surface area contributed by atoms with Gasteiger partial charge in [0.25, 0.3) is 0 Å². The Hall–Kier alpha value is -0.603. The predicted molar refractivity (Wildman–Crippen MR) is 89.8 cm³/mol. The molecule has 0 aliphatic heterocycles. The minimum Gasteiger partial charge on any atom is -0.310 e. The highest BCUT2D eigenvalue weighted by Gasteiger charge is 2.15. The molecule has 0 saturated carbocycles. The van der Waals surface area contributed by atoms with Gasteiger partial charge in [0.05, 0.1) is 8.07 Å². The van der Waals surface area contributed by atoms with Crippen molar-refractivity contribution in [3.05, 3.63) is 29.8 Å². The highest BCUT2D eigenvalue weighted by Crippen LogP contribution is 2.10. The van der Waals surface area contributed by atoms with Crippen LogP contribution in [0.2, 0.25) is 19.6 Å². The Morgan fingerprint density at radius 2 is 1.63 bits per heavy atom. The molecule has 2 unspecified atom stereocenters. The summed E-state index contributed by atoms with van der Waals surface area (Å²) in [6.45, 7) is 15.1. The van der Waals surface area contributed by atoms with Crippen LogP contribution < -0.4 is 10.5 Å².